The van der Waals surface area contributed by atoms with E-state index in [1.54, 1.807) is 14.2 Å². The zero-order valence-corrected chi connectivity index (χ0v) is 20.6. The summed E-state index contributed by atoms with van der Waals surface area (Å²) >= 11 is 0. The van der Waals surface area contributed by atoms with Gasteiger partial charge in [0.25, 0.3) is 0 Å². The number of para-hydroxylation sites is 2. The fourth-order valence-corrected chi connectivity index (χ4v) is 5.90. The lowest BCUT2D eigenvalue weighted by atomic mass is 9.77. The molecular formula is C29H35NO5. The molecule has 1 saturated heterocycles. The second kappa shape index (κ2) is 11.1. The molecule has 3 fully saturated rings. The predicted molar refractivity (Wildman–Crippen MR) is 134 cm³/mol. The van der Waals surface area contributed by atoms with Gasteiger partial charge in [0.15, 0.2) is 5.60 Å². The highest BCUT2D eigenvalue weighted by Crippen LogP contribution is 2.53. The van der Waals surface area contributed by atoms with Crippen LogP contribution in [0.3, 0.4) is 0 Å². The summed E-state index contributed by atoms with van der Waals surface area (Å²) in [5, 5.41) is 9.10. The van der Waals surface area contributed by atoms with Gasteiger partial charge in [0.1, 0.15) is 11.5 Å². The Kier molecular flexibility index (Phi) is 7.97. The predicted octanol–water partition coefficient (Wildman–Crippen LogP) is 6.42. The standard InChI is InChI=1S/C15H17NO2.C14H18O3/c1-16-14-15(18-14)9-5-6-11(10-15)12-7-3-4-8-13(12)17-2;1-17-13-8-3-2-7-12(13)10-5-4-6-11(9-10)14(15)16/h3-4,7-8,11,14H,5-6,9-10H2,2H3;2-3,7-8,10-11H,4-6,9H2,1H3,(H,15,16). The van der Waals surface area contributed by atoms with Crippen molar-refractivity contribution in [3.05, 3.63) is 71.1 Å². The van der Waals surface area contributed by atoms with E-state index in [2.05, 4.69) is 17.0 Å². The number of aliphatic carboxylic acids is 1. The highest BCUT2D eigenvalue weighted by Gasteiger charge is 2.64. The average Bonchev–Trinajstić information content (AvgIpc) is 3.59. The third-order valence-corrected chi connectivity index (χ3v) is 7.78. The molecule has 1 heterocycles. The quantitative estimate of drug-likeness (QED) is 0.397. The molecule has 0 bridgehead atoms. The first-order valence-electron chi connectivity index (χ1n) is 12.5. The van der Waals surface area contributed by atoms with Crippen LogP contribution in [0.4, 0.5) is 0 Å². The summed E-state index contributed by atoms with van der Waals surface area (Å²) in [4.78, 5) is 14.6. The van der Waals surface area contributed by atoms with Crippen molar-refractivity contribution in [2.75, 3.05) is 14.2 Å². The van der Waals surface area contributed by atoms with Gasteiger partial charge in [-0.2, -0.15) is 0 Å². The number of epoxide rings is 1. The van der Waals surface area contributed by atoms with Crippen molar-refractivity contribution in [1.82, 2.24) is 0 Å². The van der Waals surface area contributed by atoms with Crippen LogP contribution in [0.15, 0.2) is 48.5 Å². The number of nitrogens with zero attached hydrogens (tertiary/aromatic N) is 1. The SMILES string of the molecule is COc1ccccc1C1CCCC(C(=O)O)C1.[C-]#[N+]C1OC12CCCC(c1ccccc1OC)C2. The van der Waals surface area contributed by atoms with Crippen LogP contribution in [0.1, 0.15) is 74.3 Å². The maximum atomic E-state index is 11.1. The highest BCUT2D eigenvalue weighted by molar-refractivity contribution is 5.70. The van der Waals surface area contributed by atoms with E-state index in [4.69, 9.17) is 25.9 Å². The van der Waals surface area contributed by atoms with Gasteiger partial charge in [0, 0.05) is 0 Å². The zero-order chi connectivity index (χ0) is 24.8. The van der Waals surface area contributed by atoms with Crippen LogP contribution in [-0.4, -0.2) is 37.1 Å². The molecular weight excluding hydrogens is 442 g/mol. The summed E-state index contributed by atoms with van der Waals surface area (Å²) in [5.74, 6) is 1.76. The van der Waals surface area contributed by atoms with Crippen LogP contribution in [0.2, 0.25) is 0 Å². The highest BCUT2D eigenvalue weighted by atomic mass is 16.6. The van der Waals surface area contributed by atoms with Gasteiger partial charge in [0.2, 0.25) is 0 Å². The van der Waals surface area contributed by atoms with Crippen LogP contribution in [0.5, 0.6) is 11.5 Å². The maximum absolute atomic E-state index is 11.1. The Morgan fingerprint density at radius 2 is 1.57 bits per heavy atom. The summed E-state index contributed by atoms with van der Waals surface area (Å²) in [6, 6.07) is 16.1. The molecule has 1 aliphatic heterocycles. The molecule has 1 spiro atoms. The molecule has 2 saturated carbocycles. The Morgan fingerprint density at radius 1 is 0.971 bits per heavy atom. The molecule has 1 N–H and O–H groups in total. The van der Waals surface area contributed by atoms with Gasteiger partial charge in [-0.1, -0.05) is 42.8 Å². The van der Waals surface area contributed by atoms with Crippen LogP contribution >= 0.6 is 0 Å². The largest absolute Gasteiger partial charge is 0.496 e. The van der Waals surface area contributed by atoms with E-state index in [1.807, 2.05) is 36.4 Å². The summed E-state index contributed by atoms with van der Waals surface area (Å²) in [6.45, 7) is 7.11. The summed E-state index contributed by atoms with van der Waals surface area (Å²) in [6.07, 6.45) is 7.67. The van der Waals surface area contributed by atoms with E-state index in [-0.39, 0.29) is 17.7 Å². The Bertz CT molecular complexity index is 1060. The van der Waals surface area contributed by atoms with Crippen molar-refractivity contribution in [2.24, 2.45) is 5.92 Å². The van der Waals surface area contributed by atoms with E-state index in [0.29, 0.717) is 11.8 Å². The molecule has 2 aromatic rings. The Hall–Kier alpha value is -3.04. The monoisotopic (exact) mass is 477 g/mol. The number of carboxylic acid groups (broad SMARTS) is 1. The molecule has 5 rings (SSSR count). The first-order valence-corrected chi connectivity index (χ1v) is 12.5. The van der Waals surface area contributed by atoms with E-state index in [1.165, 1.54) is 5.56 Å². The van der Waals surface area contributed by atoms with Crippen molar-refractivity contribution in [3.63, 3.8) is 0 Å². The maximum Gasteiger partial charge on any atom is 0.357 e. The van der Waals surface area contributed by atoms with E-state index < -0.39 is 5.97 Å². The summed E-state index contributed by atoms with van der Waals surface area (Å²) < 4.78 is 16.4. The molecule has 6 heteroatoms. The second-order valence-electron chi connectivity index (χ2n) is 9.84. The van der Waals surface area contributed by atoms with Gasteiger partial charge in [0.05, 0.1) is 20.1 Å². The molecule has 2 aliphatic carbocycles. The topological polar surface area (TPSA) is 72.7 Å². The average molecular weight is 478 g/mol. The normalized spacial score (nSPS) is 29.3. The molecule has 0 radical (unpaired) electrons. The van der Waals surface area contributed by atoms with Crippen LogP contribution in [0.25, 0.3) is 4.85 Å². The zero-order valence-electron chi connectivity index (χ0n) is 20.6. The van der Waals surface area contributed by atoms with E-state index in [0.717, 1.165) is 68.4 Å². The lowest BCUT2D eigenvalue weighted by Gasteiger charge is -2.27. The fourth-order valence-electron chi connectivity index (χ4n) is 5.90. The Labute approximate surface area is 208 Å². The second-order valence-corrected chi connectivity index (χ2v) is 9.84. The molecule has 0 amide bonds. The van der Waals surface area contributed by atoms with E-state index in [9.17, 15) is 4.79 Å². The molecule has 0 aromatic heterocycles. The minimum absolute atomic E-state index is 0.147. The lowest BCUT2D eigenvalue weighted by molar-refractivity contribution is -0.143. The summed E-state index contributed by atoms with van der Waals surface area (Å²) in [5.41, 5.74) is 2.27. The van der Waals surface area contributed by atoms with Crippen LogP contribution in [0, 0.1) is 12.5 Å². The smallest absolute Gasteiger partial charge is 0.357 e. The summed E-state index contributed by atoms with van der Waals surface area (Å²) in [7, 11) is 3.38. The van der Waals surface area contributed by atoms with Crippen LogP contribution < -0.4 is 9.47 Å². The third-order valence-electron chi connectivity index (χ3n) is 7.78. The number of carboxylic acids is 1. The number of ether oxygens (including phenoxy) is 3. The number of hydrogen-bond acceptors (Lipinski definition) is 4. The molecule has 6 nitrogen and oxygen atoms in total. The first kappa shape index (κ1) is 25.1. The van der Waals surface area contributed by atoms with Gasteiger partial charge in [-0.3, -0.25) is 14.4 Å². The fraction of sp³-hybridized carbons (Fsp3) is 0.517. The minimum Gasteiger partial charge on any atom is -0.496 e. The first-order chi connectivity index (χ1) is 17.0. The van der Waals surface area contributed by atoms with Crippen molar-refractivity contribution in [2.45, 2.75) is 75.0 Å². The van der Waals surface area contributed by atoms with Crippen molar-refractivity contribution < 1.29 is 24.1 Å². The molecule has 35 heavy (non-hydrogen) atoms. The van der Waals surface area contributed by atoms with Gasteiger partial charge < -0.3 is 14.6 Å². The molecule has 2 aromatic carbocycles. The molecule has 186 valence electrons. The van der Waals surface area contributed by atoms with Crippen LogP contribution in [-0.2, 0) is 9.53 Å². The number of rotatable bonds is 5. The van der Waals surface area contributed by atoms with Crippen molar-refractivity contribution >= 4 is 5.97 Å². The Balaban J connectivity index is 0.000000165. The minimum atomic E-state index is -0.662. The van der Waals surface area contributed by atoms with E-state index >= 15 is 0 Å². The lowest BCUT2D eigenvalue weighted by Crippen LogP contribution is -2.23. The van der Waals surface area contributed by atoms with Crippen molar-refractivity contribution in [3.8, 4) is 11.5 Å². The van der Waals surface area contributed by atoms with Crippen molar-refractivity contribution in [1.29, 1.82) is 0 Å². The van der Waals surface area contributed by atoms with Gasteiger partial charge in [-0.05, 0) is 80.0 Å². The number of methoxy groups -OCH3 is 2. The number of benzene rings is 2. The Morgan fingerprint density at radius 3 is 2.14 bits per heavy atom. The molecule has 3 aliphatic rings. The number of carbonyl (C=O) groups is 1. The molecule has 5 unspecified atom stereocenters. The third kappa shape index (κ3) is 5.62. The number of hydrogen-bond donors (Lipinski definition) is 1. The van der Waals surface area contributed by atoms with Gasteiger partial charge in [-0.25, -0.2) is 6.57 Å². The molecule has 5 atom stereocenters. The van der Waals surface area contributed by atoms with Gasteiger partial charge in [-0.15, -0.1) is 0 Å². The van der Waals surface area contributed by atoms with Gasteiger partial charge >= 0.3 is 12.2 Å².